The maximum Gasteiger partial charge on any atom is 0.251 e. The zero-order chi connectivity index (χ0) is 21.1. The van der Waals surface area contributed by atoms with E-state index in [4.69, 9.17) is 28.3 Å². The van der Waals surface area contributed by atoms with Crippen LogP contribution in [-0.2, 0) is 13.0 Å². The molecule has 0 spiro atoms. The fraction of sp³-hybridized carbons (Fsp3) is 0.208. The van der Waals surface area contributed by atoms with Gasteiger partial charge in [0.15, 0.2) is 0 Å². The largest absolute Gasteiger partial charge is 0.395 e. The van der Waals surface area contributed by atoms with Crippen molar-refractivity contribution in [2.45, 2.75) is 13.0 Å². The highest BCUT2D eigenvalue weighted by atomic mass is 35.5. The van der Waals surface area contributed by atoms with Crippen molar-refractivity contribution in [3.05, 3.63) is 87.4 Å². The first-order valence-corrected chi connectivity index (χ1v) is 10.6. The van der Waals surface area contributed by atoms with E-state index in [-0.39, 0.29) is 19.1 Å². The Balaban J connectivity index is 1.60. The molecule has 0 atom stereocenters. The van der Waals surface area contributed by atoms with E-state index in [1.54, 1.807) is 12.1 Å². The molecule has 2 N–H and O–H groups in total. The van der Waals surface area contributed by atoms with Crippen molar-refractivity contribution in [3.63, 3.8) is 0 Å². The summed E-state index contributed by atoms with van der Waals surface area (Å²) in [6.45, 7) is 1.77. The Hall–Kier alpha value is -2.53. The summed E-state index contributed by atoms with van der Waals surface area (Å²) in [6.07, 6.45) is 0.984. The number of aliphatic hydroxyl groups excluding tert-OH is 1. The van der Waals surface area contributed by atoms with E-state index in [0.29, 0.717) is 22.2 Å². The highest BCUT2D eigenvalue weighted by molar-refractivity contribution is 6.33. The van der Waals surface area contributed by atoms with E-state index in [0.717, 1.165) is 29.7 Å². The third kappa shape index (κ3) is 4.46. The second-order valence-electron chi connectivity index (χ2n) is 7.31. The normalized spacial score (nSPS) is 12.7. The molecule has 0 aliphatic carbocycles. The van der Waals surface area contributed by atoms with E-state index in [1.807, 2.05) is 30.3 Å². The monoisotopic (exact) mass is 440 g/mol. The molecule has 0 aromatic heterocycles. The van der Waals surface area contributed by atoms with Crippen molar-refractivity contribution in [2.75, 3.05) is 24.6 Å². The summed E-state index contributed by atoms with van der Waals surface area (Å²) in [5.41, 5.74) is 6.08. The van der Waals surface area contributed by atoms with Gasteiger partial charge in [0, 0.05) is 40.9 Å². The lowest BCUT2D eigenvalue weighted by molar-refractivity contribution is 0.0945. The highest BCUT2D eigenvalue weighted by Crippen LogP contribution is 2.35. The summed E-state index contributed by atoms with van der Waals surface area (Å²) in [4.78, 5) is 14.5. The Morgan fingerprint density at radius 1 is 1.03 bits per heavy atom. The first-order valence-electron chi connectivity index (χ1n) is 9.86. The predicted molar refractivity (Wildman–Crippen MR) is 123 cm³/mol. The Morgan fingerprint density at radius 3 is 2.70 bits per heavy atom. The minimum atomic E-state index is -0.190. The van der Waals surface area contributed by atoms with Crippen LogP contribution in [0.3, 0.4) is 0 Å². The molecule has 3 aromatic rings. The molecule has 1 amide bonds. The van der Waals surface area contributed by atoms with Gasteiger partial charge in [-0.05, 0) is 65.1 Å². The number of amides is 1. The number of benzene rings is 3. The predicted octanol–water partition coefficient (Wildman–Crippen LogP) is 4.95. The van der Waals surface area contributed by atoms with Gasteiger partial charge in [0.2, 0.25) is 0 Å². The number of hydrogen-bond donors (Lipinski definition) is 2. The zero-order valence-corrected chi connectivity index (χ0v) is 17.9. The topological polar surface area (TPSA) is 52.6 Å². The molecule has 0 saturated carbocycles. The molecule has 0 unspecified atom stereocenters. The number of nitrogens with one attached hydrogen (secondary N) is 1. The lowest BCUT2D eigenvalue weighted by Crippen LogP contribution is -2.26. The van der Waals surface area contributed by atoms with Crippen molar-refractivity contribution in [1.82, 2.24) is 5.32 Å². The van der Waals surface area contributed by atoms with Gasteiger partial charge in [-0.25, -0.2) is 0 Å². The number of aliphatic hydroxyl groups is 1. The van der Waals surface area contributed by atoms with E-state index in [2.05, 4.69) is 28.4 Å². The summed E-state index contributed by atoms with van der Waals surface area (Å²) in [5.74, 6) is -0.190. The molecular weight excluding hydrogens is 419 g/mol. The number of fused-ring (bicyclic) bond motifs is 1. The average molecular weight is 441 g/mol. The van der Waals surface area contributed by atoms with Gasteiger partial charge in [0.1, 0.15) is 0 Å². The summed E-state index contributed by atoms with van der Waals surface area (Å²) in [7, 11) is 0. The van der Waals surface area contributed by atoms with Crippen LogP contribution < -0.4 is 10.2 Å². The van der Waals surface area contributed by atoms with Crippen molar-refractivity contribution in [1.29, 1.82) is 0 Å². The minimum Gasteiger partial charge on any atom is -0.395 e. The third-order valence-electron chi connectivity index (χ3n) is 5.30. The molecule has 0 bridgehead atoms. The van der Waals surface area contributed by atoms with Crippen LogP contribution in [0.4, 0.5) is 5.69 Å². The van der Waals surface area contributed by atoms with Crippen molar-refractivity contribution in [2.24, 2.45) is 0 Å². The smallest absolute Gasteiger partial charge is 0.251 e. The van der Waals surface area contributed by atoms with Crippen molar-refractivity contribution < 1.29 is 9.90 Å². The highest BCUT2D eigenvalue weighted by Gasteiger charge is 2.21. The number of anilines is 1. The lowest BCUT2D eigenvalue weighted by Gasteiger charge is -2.21. The van der Waals surface area contributed by atoms with Crippen molar-refractivity contribution in [3.8, 4) is 11.1 Å². The summed E-state index contributed by atoms with van der Waals surface area (Å²) in [6, 6.07) is 19.5. The second-order valence-corrected chi connectivity index (χ2v) is 8.15. The SMILES string of the molecule is O=C(NCCO)c1cccc(-c2ccc3c(c2)N(Cc2cc(Cl)ccc2Cl)CC3)c1. The van der Waals surface area contributed by atoms with Gasteiger partial charge in [-0.3, -0.25) is 4.79 Å². The molecule has 4 rings (SSSR count). The van der Waals surface area contributed by atoms with Crippen LogP contribution in [0, 0.1) is 0 Å². The molecule has 4 nitrogen and oxygen atoms in total. The molecule has 1 aliphatic rings. The number of carbonyl (C=O) groups is 1. The number of carbonyl (C=O) groups excluding carboxylic acids is 1. The Kier molecular flexibility index (Phi) is 6.28. The quantitative estimate of drug-likeness (QED) is 0.570. The maximum atomic E-state index is 12.2. The van der Waals surface area contributed by atoms with Crippen LogP contribution >= 0.6 is 23.2 Å². The molecule has 0 fully saturated rings. The molecular formula is C24H22Cl2N2O2. The minimum absolute atomic E-state index is 0.0806. The number of nitrogens with zero attached hydrogens (tertiary/aromatic N) is 1. The standard InChI is InChI=1S/C24H22Cl2N2O2/c25-21-6-7-22(26)20(13-21)15-28-10-8-16-4-5-18(14-23(16)28)17-2-1-3-19(12-17)24(30)27-9-11-29/h1-7,12-14,29H,8-11,15H2,(H,27,30). The van der Waals surface area contributed by atoms with Crippen LogP contribution in [-0.4, -0.2) is 30.7 Å². The Labute approximate surface area is 186 Å². The summed E-state index contributed by atoms with van der Waals surface area (Å²) < 4.78 is 0. The first-order chi connectivity index (χ1) is 14.5. The van der Waals surface area contributed by atoms with Crippen LogP contribution in [0.5, 0.6) is 0 Å². The van der Waals surface area contributed by atoms with Gasteiger partial charge in [-0.1, -0.05) is 47.5 Å². The molecule has 154 valence electrons. The van der Waals surface area contributed by atoms with Crippen molar-refractivity contribution >= 4 is 34.8 Å². The van der Waals surface area contributed by atoms with Crippen LogP contribution in [0.1, 0.15) is 21.5 Å². The van der Waals surface area contributed by atoms with Gasteiger partial charge < -0.3 is 15.3 Å². The van der Waals surface area contributed by atoms with Gasteiger partial charge in [0.25, 0.3) is 5.91 Å². The lowest BCUT2D eigenvalue weighted by atomic mass is 10.00. The van der Waals surface area contributed by atoms with Gasteiger partial charge in [0.05, 0.1) is 6.61 Å². The fourth-order valence-corrected chi connectivity index (χ4v) is 4.14. The zero-order valence-electron chi connectivity index (χ0n) is 16.4. The molecule has 1 heterocycles. The van der Waals surface area contributed by atoms with Gasteiger partial charge >= 0.3 is 0 Å². The van der Waals surface area contributed by atoms with E-state index in [1.165, 1.54) is 11.3 Å². The average Bonchev–Trinajstić information content (AvgIpc) is 3.16. The molecule has 30 heavy (non-hydrogen) atoms. The number of hydrogen-bond acceptors (Lipinski definition) is 3. The van der Waals surface area contributed by atoms with Crippen LogP contribution in [0.2, 0.25) is 10.0 Å². The Bertz CT molecular complexity index is 1080. The van der Waals surface area contributed by atoms with Gasteiger partial charge in [-0.2, -0.15) is 0 Å². The summed E-state index contributed by atoms with van der Waals surface area (Å²) in [5, 5.41) is 13.0. The maximum absolute atomic E-state index is 12.2. The molecule has 1 aliphatic heterocycles. The van der Waals surface area contributed by atoms with E-state index in [9.17, 15) is 4.79 Å². The number of halogens is 2. The van der Waals surface area contributed by atoms with Crippen LogP contribution in [0.15, 0.2) is 60.7 Å². The molecule has 0 radical (unpaired) electrons. The van der Waals surface area contributed by atoms with E-state index >= 15 is 0 Å². The second kappa shape index (κ2) is 9.09. The van der Waals surface area contributed by atoms with Gasteiger partial charge in [-0.15, -0.1) is 0 Å². The summed E-state index contributed by atoms with van der Waals surface area (Å²) >= 11 is 12.5. The molecule has 6 heteroatoms. The van der Waals surface area contributed by atoms with E-state index < -0.39 is 0 Å². The fourth-order valence-electron chi connectivity index (χ4n) is 3.77. The first kappa shape index (κ1) is 20.7. The number of rotatable bonds is 6. The van der Waals surface area contributed by atoms with Crippen LogP contribution in [0.25, 0.3) is 11.1 Å². The molecule has 3 aromatic carbocycles. The Morgan fingerprint density at radius 2 is 1.87 bits per heavy atom. The third-order valence-corrected chi connectivity index (χ3v) is 5.91. The molecule has 0 saturated heterocycles.